The van der Waals surface area contributed by atoms with Gasteiger partial charge in [-0.3, -0.25) is 14.6 Å². The first-order valence-corrected chi connectivity index (χ1v) is 13.6. The molecule has 1 atom stereocenters. The number of ketones is 1. The van der Waals surface area contributed by atoms with Gasteiger partial charge in [-0.25, -0.2) is 0 Å². The number of amides is 1. The van der Waals surface area contributed by atoms with Gasteiger partial charge >= 0.3 is 0 Å². The van der Waals surface area contributed by atoms with Crippen molar-refractivity contribution in [1.82, 2.24) is 24.5 Å². The second kappa shape index (κ2) is 13.9. The van der Waals surface area contributed by atoms with Crippen LogP contribution in [-0.4, -0.2) is 94.0 Å². The number of anilines is 2. The molecule has 4 heterocycles. The van der Waals surface area contributed by atoms with Gasteiger partial charge in [0.05, 0.1) is 19.4 Å². The summed E-state index contributed by atoms with van der Waals surface area (Å²) in [5.74, 6) is 0.978. The first-order chi connectivity index (χ1) is 19.4. The van der Waals surface area contributed by atoms with Gasteiger partial charge in [0, 0.05) is 56.7 Å². The van der Waals surface area contributed by atoms with E-state index in [2.05, 4.69) is 52.7 Å². The highest BCUT2D eigenvalue weighted by molar-refractivity contribution is 5.94. The molecule has 2 aliphatic heterocycles. The van der Waals surface area contributed by atoms with Gasteiger partial charge in [0.1, 0.15) is 6.04 Å². The average molecular weight is 551 g/mol. The van der Waals surface area contributed by atoms with Crippen LogP contribution in [-0.2, 0) is 19.1 Å². The second-order valence-electron chi connectivity index (χ2n) is 10.1. The minimum Gasteiger partial charge on any atom is -0.381 e. The number of aromatic nitrogens is 4. The van der Waals surface area contributed by atoms with E-state index in [9.17, 15) is 9.59 Å². The SMILES string of the molecule is C=CC(=O)N1CCOCC1C(=O)C/C=C/N=CC(=C)CNc1nc(NC2CCOCC2)nc2c(C(C)C)cnn12. The summed E-state index contributed by atoms with van der Waals surface area (Å²) in [5.41, 5.74) is 2.50. The molecular weight excluding hydrogens is 512 g/mol. The average Bonchev–Trinajstić information content (AvgIpc) is 3.40. The second-order valence-corrected chi connectivity index (χ2v) is 10.1. The molecule has 1 amide bonds. The highest BCUT2D eigenvalue weighted by Gasteiger charge is 2.30. The number of fused-ring (bicyclic) bond motifs is 1. The molecule has 0 spiro atoms. The number of aliphatic imine (C=N–C) groups is 1. The molecule has 12 heteroatoms. The number of nitrogens with zero attached hydrogens (tertiary/aromatic N) is 6. The van der Waals surface area contributed by atoms with Crippen molar-refractivity contribution < 1.29 is 19.1 Å². The summed E-state index contributed by atoms with van der Waals surface area (Å²) in [6, 6.07) is -0.354. The van der Waals surface area contributed by atoms with Crippen molar-refractivity contribution in [3.63, 3.8) is 0 Å². The molecule has 0 aliphatic carbocycles. The van der Waals surface area contributed by atoms with E-state index < -0.39 is 6.04 Å². The lowest BCUT2D eigenvalue weighted by molar-refractivity contribution is -0.143. The monoisotopic (exact) mass is 550 g/mol. The summed E-state index contributed by atoms with van der Waals surface area (Å²) in [6.45, 7) is 14.6. The van der Waals surface area contributed by atoms with Crippen LogP contribution in [0.15, 0.2) is 48.3 Å². The number of allylic oxidation sites excluding steroid dienone is 1. The Bertz CT molecular complexity index is 1280. The van der Waals surface area contributed by atoms with Gasteiger partial charge < -0.3 is 25.0 Å². The zero-order chi connectivity index (χ0) is 28.5. The Hall–Kier alpha value is -3.90. The molecule has 12 nitrogen and oxygen atoms in total. The number of Topliss-reactive ketones (excluding diaryl/α,β-unsaturated/α-hetero) is 1. The van der Waals surface area contributed by atoms with Gasteiger partial charge in [-0.2, -0.15) is 19.6 Å². The number of rotatable bonds is 12. The van der Waals surface area contributed by atoms with Crippen LogP contribution in [0, 0.1) is 0 Å². The molecule has 40 heavy (non-hydrogen) atoms. The first kappa shape index (κ1) is 29.1. The third kappa shape index (κ3) is 7.39. The highest BCUT2D eigenvalue weighted by atomic mass is 16.5. The van der Waals surface area contributed by atoms with Crippen LogP contribution in [0.3, 0.4) is 0 Å². The molecule has 2 saturated heterocycles. The summed E-state index contributed by atoms with van der Waals surface area (Å²) >= 11 is 0. The predicted molar refractivity (Wildman–Crippen MR) is 154 cm³/mol. The van der Waals surface area contributed by atoms with Gasteiger partial charge in [-0.15, -0.1) is 0 Å². The van der Waals surface area contributed by atoms with E-state index in [0.717, 1.165) is 37.3 Å². The fourth-order valence-corrected chi connectivity index (χ4v) is 4.51. The number of morpholine rings is 1. The van der Waals surface area contributed by atoms with Crippen molar-refractivity contribution in [3.8, 4) is 0 Å². The van der Waals surface area contributed by atoms with Crippen LogP contribution in [0.2, 0.25) is 0 Å². The minimum atomic E-state index is -0.610. The lowest BCUT2D eigenvalue weighted by Crippen LogP contribution is -2.52. The smallest absolute Gasteiger partial charge is 0.246 e. The number of carbonyl (C=O) groups excluding carboxylic acids is 2. The zero-order valence-electron chi connectivity index (χ0n) is 23.2. The summed E-state index contributed by atoms with van der Waals surface area (Å²) in [7, 11) is 0. The van der Waals surface area contributed by atoms with E-state index in [1.165, 1.54) is 11.0 Å². The maximum atomic E-state index is 12.6. The first-order valence-electron chi connectivity index (χ1n) is 13.6. The van der Waals surface area contributed by atoms with Gasteiger partial charge in [0.25, 0.3) is 0 Å². The Kier molecular flexibility index (Phi) is 10.1. The summed E-state index contributed by atoms with van der Waals surface area (Å²) in [5, 5.41) is 11.2. The molecule has 4 rings (SSSR count). The maximum absolute atomic E-state index is 12.6. The van der Waals surface area contributed by atoms with Gasteiger partial charge in [-0.1, -0.05) is 33.1 Å². The van der Waals surface area contributed by atoms with E-state index in [1.54, 1.807) is 23.0 Å². The molecule has 0 radical (unpaired) electrons. The third-order valence-electron chi connectivity index (χ3n) is 6.77. The largest absolute Gasteiger partial charge is 0.381 e. The maximum Gasteiger partial charge on any atom is 0.246 e. The quantitative estimate of drug-likeness (QED) is 0.302. The lowest BCUT2D eigenvalue weighted by atomic mass is 10.1. The molecule has 0 aromatic carbocycles. The van der Waals surface area contributed by atoms with Crippen molar-refractivity contribution in [1.29, 1.82) is 0 Å². The van der Waals surface area contributed by atoms with Crippen LogP contribution in [0.25, 0.3) is 5.65 Å². The van der Waals surface area contributed by atoms with Crippen LogP contribution in [0.4, 0.5) is 11.9 Å². The van der Waals surface area contributed by atoms with Crippen molar-refractivity contribution in [2.45, 2.75) is 51.1 Å². The molecule has 2 aromatic rings. The molecule has 2 fully saturated rings. The van der Waals surface area contributed by atoms with Gasteiger partial charge in [0.2, 0.25) is 17.8 Å². The summed E-state index contributed by atoms with van der Waals surface area (Å²) in [4.78, 5) is 39.8. The third-order valence-corrected chi connectivity index (χ3v) is 6.77. The minimum absolute atomic E-state index is 0.111. The summed E-state index contributed by atoms with van der Waals surface area (Å²) in [6.07, 6.45) is 9.81. The predicted octanol–water partition coefficient (Wildman–Crippen LogP) is 2.76. The summed E-state index contributed by atoms with van der Waals surface area (Å²) < 4.78 is 12.6. The van der Waals surface area contributed by atoms with Gasteiger partial charge in [0.15, 0.2) is 11.4 Å². The Balaban J connectivity index is 1.34. The Labute approximate surface area is 234 Å². The lowest BCUT2D eigenvalue weighted by Gasteiger charge is -2.33. The van der Waals surface area contributed by atoms with Crippen molar-refractivity contribution >= 4 is 35.4 Å². The van der Waals surface area contributed by atoms with E-state index >= 15 is 0 Å². The topological polar surface area (TPSA) is 135 Å². The number of hydrogen-bond donors (Lipinski definition) is 2. The Morgan fingerprint density at radius 1 is 1.23 bits per heavy atom. The number of hydrogen-bond acceptors (Lipinski definition) is 10. The molecule has 1 unspecified atom stereocenters. The highest BCUT2D eigenvalue weighted by Crippen LogP contribution is 2.23. The molecule has 0 bridgehead atoms. The van der Waals surface area contributed by atoms with Crippen LogP contribution in [0.5, 0.6) is 0 Å². The van der Waals surface area contributed by atoms with E-state index in [1.807, 2.05) is 6.20 Å². The van der Waals surface area contributed by atoms with E-state index in [0.29, 0.717) is 37.2 Å². The number of nitrogens with one attached hydrogen (secondary N) is 2. The zero-order valence-corrected chi connectivity index (χ0v) is 23.2. The van der Waals surface area contributed by atoms with Crippen molar-refractivity contribution in [2.75, 3.05) is 50.2 Å². The Morgan fingerprint density at radius 3 is 2.77 bits per heavy atom. The normalized spacial score (nSPS) is 18.6. The number of ether oxygens (including phenoxy) is 2. The standard InChI is InChI=1S/C28H38N8O4/c1-5-25(38)35-11-14-40-18-23(35)24(37)7-6-10-29-15-20(4)16-30-28-34-27(32-21-8-12-39-13-9-21)33-26-22(19(2)3)17-31-36(26)28/h5-6,10,15,17,19,21,23H,1,4,7-9,11-14,16,18H2,2-3H3,(H2,30,32,33,34)/b10-6+,29-15?. The molecular formula is C28H38N8O4. The molecule has 2 aliphatic rings. The van der Waals surface area contributed by atoms with Crippen LogP contribution in [0.1, 0.15) is 44.6 Å². The van der Waals surface area contributed by atoms with Gasteiger partial charge in [-0.05, 0) is 30.4 Å². The van der Waals surface area contributed by atoms with Crippen LogP contribution < -0.4 is 10.6 Å². The van der Waals surface area contributed by atoms with Crippen molar-refractivity contribution in [3.05, 3.63) is 48.8 Å². The molecule has 2 aromatic heterocycles. The molecule has 2 N–H and O–H groups in total. The molecule has 214 valence electrons. The van der Waals surface area contributed by atoms with Crippen molar-refractivity contribution in [2.24, 2.45) is 4.99 Å². The molecule has 0 saturated carbocycles. The number of carbonyl (C=O) groups is 2. The van der Waals surface area contributed by atoms with E-state index in [-0.39, 0.29) is 36.7 Å². The Morgan fingerprint density at radius 2 is 2.02 bits per heavy atom. The fraction of sp³-hybridized carbons (Fsp3) is 0.500. The van der Waals surface area contributed by atoms with E-state index in [4.69, 9.17) is 14.5 Å². The fourth-order valence-electron chi connectivity index (χ4n) is 4.51. The van der Waals surface area contributed by atoms with Crippen LogP contribution >= 0.6 is 0 Å².